The van der Waals surface area contributed by atoms with Crippen LogP contribution >= 0.6 is 11.8 Å². The van der Waals surface area contributed by atoms with E-state index in [0.29, 0.717) is 4.90 Å². The van der Waals surface area contributed by atoms with E-state index in [-0.39, 0.29) is 6.61 Å². The molecular weight excluding hydrogens is 277 g/mol. The molecule has 0 atom stereocenters. The highest BCUT2D eigenvalue weighted by Gasteiger charge is 2.33. The third-order valence-corrected chi connectivity index (χ3v) is 3.47. The molecular formula is C13H15F3O2S. The first-order valence-electron chi connectivity index (χ1n) is 5.70. The summed E-state index contributed by atoms with van der Waals surface area (Å²) < 4.78 is 41.7. The Morgan fingerprint density at radius 1 is 1.32 bits per heavy atom. The fourth-order valence-corrected chi connectivity index (χ4v) is 2.44. The third-order valence-electron chi connectivity index (χ3n) is 2.30. The minimum atomic E-state index is -4.38. The molecule has 0 amide bonds. The van der Waals surface area contributed by atoms with Gasteiger partial charge in [0.2, 0.25) is 0 Å². The molecule has 1 aromatic rings. The number of ether oxygens (including phenoxy) is 1. The molecule has 0 radical (unpaired) electrons. The van der Waals surface area contributed by atoms with Gasteiger partial charge >= 0.3 is 12.1 Å². The largest absolute Gasteiger partial charge is 0.465 e. The van der Waals surface area contributed by atoms with Gasteiger partial charge in [-0.15, -0.1) is 11.8 Å². The van der Waals surface area contributed by atoms with E-state index in [9.17, 15) is 18.0 Å². The Bertz CT molecular complexity index is 455. The van der Waals surface area contributed by atoms with Crippen LogP contribution in [-0.4, -0.2) is 17.3 Å². The van der Waals surface area contributed by atoms with Gasteiger partial charge in [-0.3, -0.25) is 4.79 Å². The molecule has 0 aliphatic rings. The standard InChI is InChI=1S/C13H15F3O2S/c1-4-18-11(17)12(2,3)19-10-7-5-6-9(8-10)13(14,15)16/h5-8H,4H2,1-3H3. The molecule has 0 N–H and O–H groups in total. The molecule has 19 heavy (non-hydrogen) atoms. The molecule has 0 unspecified atom stereocenters. The average Bonchev–Trinajstić information content (AvgIpc) is 2.28. The van der Waals surface area contributed by atoms with Gasteiger partial charge in [-0.1, -0.05) is 6.07 Å². The minimum Gasteiger partial charge on any atom is -0.465 e. The summed E-state index contributed by atoms with van der Waals surface area (Å²) in [5, 5.41) is 0. The number of carbonyl (C=O) groups is 1. The van der Waals surface area contributed by atoms with Crippen molar-refractivity contribution in [2.75, 3.05) is 6.61 Å². The number of rotatable bonds is 4. The molecule has 0 aromatic heterocycles. The normalized spacial score (nSPS) is 12.3. The van der Waals surface area contributed by atoms with E-state index in [4.69, 9.17) is 4.74 Å². The second-order valence-electron chi connectivity index (χ2n) is 4.36. The number of hydrogen-bond donors (Lipinski definition) is 0. The van der Waals surface area contributed by atoms with Gasteiger partial charge in [0.25, 0.3) is 0 Å². The van der Waals surface area contributed by atoms with Crippen LogP contribution in [0.2, 0.25) is 0 Å². The van der Waals surface area contributed by atoms with E-state index < -0.39 is 22.5 Å². The van der Waals surface area contributed by atoms with Crippen molar-refractivity contribution >= 4 is 17.7 Å². The van der Waals surface area contributed by atoms with E-state index in [2.05, 4.69) is 0 Å². The lowest BCUT2D eigenvalue weighted by Gasteiger charge is -2.22. The first-order valence-corrected chi connectivity index (χ1v) is 6.52. The van der Waals surface area contributed by atoms with Crippen LogP contribution < -0.4 is 0 Å². The van der Waals surface area contributed by atoms with Crippen molar-refractivity contribution in [2.24, 2.45) is 0 Å². The Morgan fingerprint density at radius 2 is 1.95 bits per heavy atom. The van der Waals surface area contributed by atoms with Crippen LogP contribution in [0.15, 0.2) is 29.2 Å². The first kappa shape index (κ1) is 15.9. The van der Waals surface area contributed by atoms with Crippen LogP contribution in [0.3, 0.4) is 0 Å². The third kappa shape index (κ3) is 4.45. The molecule has 1 aromatic carbocycles. The molecule has 0 saturated heterocycles. The van der Waals surface area contributed by atoms with Gasteiger partial charge in [0, 0.05) is 4.90 Å². The predicted molar refractivity (Wildman–Crippen MR) is 68.0 cm³/mol. The molecule has 0 aliphatic heterocycles. The lowest BCUT2D eigenvalue weighted by molar-refractivity contribution is -0.145. The number of carbonyl (C=O) groups excluding carboxylic acids is 1. The summed E-state index contributed by atoms with van der Waals surface area (Å²) in [5.41, 5.74) is -0.725. The molecule has 0 spiro atoms. The number of halogens is 3. The molecule has 2 nitrogen and oxygen atoms in total. The maximum atomic E-state index is 12.6. The van der Waals surface area contributed by atoms with Crippen LogP contribution in [0.4, 0.5) is 13.2 Å². The summed E-state index contributed by atoms with van der Waals surface area (Å²) in [5.74, 6) is -0.447. The lowest BCUT2D eigenvalue weighted by atomic mass is 10.2. The number of thioether (sulfide) groups is 1. The minimum absolute atomic E-state index is 0.241. The van der Waals surface area contributed by atoms with Gasteiger partial charge in [0.05, 0.1) is 12.2 Å². The summed E-state index contributed by atoms with van der Waals surface area (Å²) in [6, 6.07) is 4.90. The summed E-state index contributed by atoms with van der Waals surface area (Å²) in [4.78, 5) is 12.1. The molecule has 6 heteroatoms. The number of alkyl halides is 3. The van der Waals surface area contributed by atoms with Gasteiger partial charge < -0.3 is 4.74 Å². The first-order chi connectivity index (χ1) is 8.66. The number of benzene rings is 1. The van der Waals surface area contributed by atoms with Crippen LogP contribution in [0.25, 0.3) is 0 Å². The Labute approximate surface area is 114 Å². The summed E-state index contributed by atoms with van der Waals surface area (Å²) in [6.07, 6.45) is -4.38. The highest BCUT2D eigenvalue weighted by atomic mass is 32.2. The maximum absolute atomic E-state index is 12.6. The monoisotopic (exact) mass is 292 g/mol. The quantitative estimate of drug-likeness (QED) is 0.616. The fourth-order valence-electron chi connectivity index (χ4n) is 1.38. The lowest BCUT2D eigenvalue weighted by Crippen LogP contribution is -2.29. The smallest absolute Gasteiger partial charge is 0.416 e. The van der Waals surface area contributed by atoms with E-state index in [0.717, 1.165) is 23.9 Å². The van der Waals surface area contributed by atoms with Crippen molar-refractivity contribution in [1.29, 1.82) is 0 Å². The average molecular weight is 292 g/mol. The van der Waals surface area contributed by atoms with Gasteiger partial charge in [-0.05, 0) is 39.0 Å². The molecule has 0 aliphatic carbocycles. The molecule has 0 fully saturated rings. The summed E-state index contributed by atoms with van der Waals surface area (Å²) in [6.45, 7) is 5.17. The molecule has 1 rings (SSSR count). The Kier molecular flexibility index (Phi) is 4.90. The van der Waals surface area contributed by atoms with Crippen LogP contribution in [-0.2, 0) is 15.7 Å². The van der Waals surface area contributed by atoms with E-state index in [1.165, 1.54) is 6.07 Å². The summed E-state index contributed by atoms with van der Waals surface area (Å²) in [7, 11) is 0. The zero-order chi connectivity index (χ0) is 14.7. The van der Waals surface area contributed by atoms with Crippen molar-refractivity contribution in [3.63, 3.8) is 0 Å². The molecule has 0 bridgehead atoms. The zero-order valence-corrected chi connectivity index (χ0v) is 11.7. The zero-order valence-electron chi connectivity index (χ0n) is 10.9. The van der Waals surface area contributed by atoms with Crippen molar-refractivity contribution in [2.45, 2.75) is 36.6 Å². The van der Waals surface area contributed by atoms with E-state index >= 15 is 0 Å². The van der Waals surface area contributed by atoms with Gasteiger partial charge in [-0.25, -0.2) is 0 Å². The van der Waals surface area contributed by atoms with E-state index in [1.54, 1.807) is 26.8 Å². The summed E-state index contributed by atoms with van der Waals surface area (Å²) >= 11 is 1.05. The van der Waals surface area contributed by atoms with Gasteiger partial charge in [0.15, 0.2) is 0 Å². The predicted octanol–water partition coefficient (Wildman–Crippen LogP) is 4.14. The molecule has 106 valence electrons. The van der Waals surface area contributed by atoms with Gasteiger partial charge in [0.1, 0.15) is 4.75 Å². The number of esters is 1. The van der Waals surface area contributed by atoms with Crippen LogP contribution in [0, 0.1) is 0 Å². The van der Waals surface area contributed by atoms with Crippen LogP contribution in [0.1, 0.15) is 26.3 Å². The topological polar surface area (TPSA) is 26.3 Å². The second kappa shape index (κ2) is 5.86. The number of hydrogen-bond acceptors (Lipinski definition) is 3. The van der Waals surface area contributed by atoms with Crippen molar-refractivity contribution in [1.82, 2.24) is 0 Å². The van der Waals surface area contributed by atoms with Gasteiger partial charge in [-0.2, -0.15) is 13.2 Å². The van der Waals surface area contributed by atoms with Crippen molar-refractivity contribution in [3.8, 4) is 0 Å². The Balaban J connectivity index is 2.91. The second-order valence-corrected chi connectivity index (χ2v) is 6.05. The van der Waals surface area contributed by atoms with Crippen LogP contribution in [0.5, 0.6) is 0 Å². The SMILES string of the molecule is CCOC(=O)C(C)(C)Sc1cccc(C(F)(F)F)c1. The Hall–Kier alpha value is -1.17. The van der Waals surface area contributed by atoms with E-state index in [1.807, 2.05) is 0 Å². The van der Waals surface area contributed by atoms with Crippen molar-refractivity contribution in [3.05, 3.63) is 29.8 Å². The molecule has 0 heterocycles. The van der Waals surface area contributed by atoms with Crippen molar-refractivity contribution < 1.29 is 22.7 Å². The highest BCUT2D eigenvalue weighted by molar-refractivity contribution is 8.01. The Morgan fingerprint density at radius 3 is 2.47 bits per heavy atom. The fraction of sp³-hybridized carbons (Fsp3) is 0.462. The highest BCUT2D eigenvalue weighted by Crippen LogP contribution is 2.37. The molecule has 0 saturated carbocycles. The maximum Gasteiger partial charge on any atom is 0.416 e.